The molecule has 0 heterocycles. The molecule has 0 unspecified atom stereocenters. The molecule has 8 heteroatoms. The number of halogens is 1. The number of anilines is 1. The van der Waals surface area contributed by atoms with Gasteiger partial charge in [0.1, 0.15) is 12.6 Å². The fourth-order valence-corrected chi connectivity index (χ4v) is 4.95. The van der Waals surface area contributed by atoms with Crippen molar-refractivity contribution in [1.82, 2.24) is 5.32 Å². The quantitative estimate of drug-likeness (QED) is 0.319. The van der Waals surface area contributed by atoms with Gasteiger partial charge in [-0.3, -0.25) is 10.1 Å². The Kier molecular flexibility index (Phi) is 7.39. The van der Waals surface area contributed by atoms with Crippen LogP contribution >= 0.6 is 22.6 Å². The summed E-state index contributed by atoms with van der Waals surface area (Å²) in [4.78, 5) is 36.7. The second kappa shape index (κ2) is 10.5. The van der Waals surface area contributed by atoms with E-state index in [1.807, 2.05) is 59.0 Å². The predicted octanol–water partition coefficient (Wildman–Crippen LogP) is 5.49. The van der Waals surface area contributed by atoms with E-state index in [4.69, 9.17) is 4.74 Å². The van der Waals surface area contributed by atoms with Gasteiger partial charge in [-0.25, -0.2) is 9.59 Å². The minimum Gasteiger partial charge on any atom is -0.480 e. The molecule has 1 atom stereocenters. The molecule has 0 saturated carbocycles. The van der Waals surface area contributed by atoms with Crippen LogP contribution in [0.4, 0.5) is 10.5 Å². The van der Waals surface area contributed by atoms with E-state index in [0.717, 1.165) is 22.3 Å². The monoisotopic (exact) mass is 584 g/mol. The first-order valence-corrected chi connectivity index (χ1v) is 12.3. The standard InChI is InChI=1S/C27H25IN2O5/c1-15(2)24(26(32)33)30-25(31)16-11-17(28)13-18(12-16)29-27(34)35-14-23-21-9-5-3-7-19(21)20-8-4-6-10-22(20)23/h3-13,15,23-24H,14H2,1-2H3,(H,29,34)(H,30,31)(H,32,33)/t24-/m1/s1. The molecule has 180 valence electrons. The zero-order chi connectivity index (χ0) is 25.1. The number of hydrogen-bond acceptors (Lipinski definition) is 4. The van der Waals surface area contributed by atoms with Gasteiger partial charge in [0, 0.05) is 20.7 Å². The number of hydrogen-bond donors (Lipinski definition) is 3. The highest BCUT2D eigenvalue weighted by atomic mass is 127. The number of ether oxygens (including phenoxy) is 1. The zero-order valence-corrected chi connectivity index (χ0v) is 21.4. The highest BCUT2D eigenvalue weighted by molar-refractivity contribution is 14.1. The summed E-state index contributed by atoms with van der Waals surface area (Å²) in [6.45, 7) is 3.61. The lowest BCUT2D eigenvalue weighted by Crippen LogP contribution is -2.44. The van der Waals surface area contributed by atoms with E-state index >= 15 is 0 Å². The SMILES string of the molecule is CC(C)[C@@H](NC(=O)c1cc(I)cc(NC(=O)OCC2c3ccccc3-c3ccccc32)c1)C(=O)O. The second-order valence-corrected chi connectivity index (χ2v) is 9.96. The van der Waals surface area contributed by atoms with Crippen molar-refractivity contribution in [3.63, 3.8) is 0 Å². The number of benzene rings is 3. The van der Waals surface area contributed by atoms with E-state index in [1.54, 1.807) is 26.0 Å². The third kappa shape index (κ3) is 5.48. The van der Waals surface area contributed by atoms with Gasteiger partial charge in [-0.15, -0.1) is 0 Å². The average molecular weight is 584 g/mol. The van der Waals surface area contributed by atoms with Gasteiger partial charge in [0.05, 0.1) is 0 Å². The van der Waals surface area contributed by atoms with Crippen molar-refractivity contribution < 1.29 is 24.2 Å². The third-order valence-electron chi connectivity index (χ3n) is 5.97. The van der Waals surface area contributed by atoms with Crippen LogP contribution in [0, 0.1) is 9.49 Å². The van der Waals surface area contributed by atoms with Crippen LogP contribution < -0.4 is 10.6 Å². The largest absolute Gasteiger partial charge is 0.480 e. The maximum atomic E-state index is 12.7. The lowest BCUT2D eigenvalue weighted by molar-refractivity contribution is -0.140. The van der Waals surface area contributed by atoms with Crippen molar-refractivity contribution in [2.45, 2.75) is 25.8 Å². The van der Waals surface area contributed by atoms with Gasteiger partial charge in [0.2, 0.25) is 0 Å². The van der Waals surface area contributed by atoms with Crippen molar-refractivity contribution in [3.8, 4) is 11.1 Å². The van der Waals surface area contributed by atoms with E-state index in [2.05, 4.69) is 22.8 Å². The minimum atomic E-state index is -1.10. The van der Waals surface area contributed by atoms with E-state index in [-0.39, 0.29) is 24.0 Å². The van der Waals surface area contributed by atoms with Crippen molar-refractivity contribution in [3.05, 3.63) is 87.0 Å². The van der Waals surface area contributed by atoms with Crippen LogP contribution in [-0.2, 0) is 9.53 Å². The summed E-state index contributed by atoms with van der Waals surface area (Å²) >= 11 is 2.04. The summed E-state index contributed by atoms with van der Waals surface area (Å²) in [6.07, 6.45) is -0.634. The van der Waals surface area contributed by atoms with Gasteiger partial charge in [0.25, 0.3) is 5.91 Å². The van der Waals surface area contributed by atoms with Crippen molar-refractivity contribution in [2.75, 3.05) is 11.9 Å². The highest BCUT2D eigenvalue weighted by Gasteiger charge is 2.29. The number of carboxylic acid groups (broad SMARTS) is 1. The molecule has 3 aromatic carbocycles. The number of carbonyl (C=O) groups is 3. The molecule has 0 aromatic heterocycles. The molecule has 0 radical (unpaired) electrons. The molecular formula is C27H25IN2O5. The first-order valence-electron chi connectivity index (χ1n) is 11.2. The summed E-state index contributed by atoms with van der Waals surface area (Å²) in [5.41, 5.74) is 5.16. The Bertz CT molecular complexity index is 1240. The third-order valence-corrected chi connectivity index (χ3v) is 6.59. The molecule has 0 fully saturated rings. The number of rotatable bonds is 7. The Labute approximate surface area is 217 Å². The van der Waals surface area contributed by atoms with Crippen LogP contribution in [0.15, 0.2) is 66.7 Å². The molecule has 4 rings (SSSR count). The predicted molar refractivity (Wildman–Crippen MR) is 142 cm³/mol. The first kappa shape index (κ1) is 24.7. The smallest absolute Gasteiger partial charge is 0.411 e. The molecule has 0 saturated heterocycles. The topological polar surface area (TPSA) is 105 Å². The van der Waals surface area contributed by atoms with E-state index in [9.17, 15) is 19.5 Å². The summed E-state index contributed by atoms with van der Waals surface area (Å²) in [7, 11) is 0. The van der Waals surface area contributed by atoms with Gasteiger partial charge in [-0.2, -0.15) is 0 Å². The van der Waals surface area contributed by atoms with Crippen LogP contribution in [0.5, 0.6) is 0 Å². The van der Waals surface area contributed by atoms with Gasteiger partial charge in [0.15, 0.2) is 0 Å². The number of fused-ring (bicyclic) bond motifs is 3. The maximum absolute atomic E-state index is 12.7. The lowest BCUT2D eigenvalue weighted by Gasteiger charge is -2.18. The van der Waals surface area contributed by atoms with Gasteiger partial charge in [-0.1, -0.05) is 62.4 Å². The molecule has 3 N–H and O–H groups in total. The fourth-order valence-electron chi connectivity index (χ4n) is 4.28. The van der Waals surface area contributed by atoms with Gasteiger partial charge >= 0.3 is 12.1 Å². The number of amides is 2. The van der Waals surface area contributed by atoms with Crippen molar-refractivity contribution >= 4 is 46.2 Å². The number of carbonyl (C=O) groups excluding carboxylic acids is 2. The summed E-state index contributed by atoms with van der Waals surface area (Å²) < 4.78 is 6.29. The Morgan fingerprint density at radius 2 is 1.57 bits per heavy atom. The maximum Gasteiger partial charge on any atom is 0.411 e. The molecule has 35 heavy (non-hydrogen) atoms. The minimum absolute atomic E-state index is 0.0608. The average Bonchev–Trinajstić information content (AvgIpc) is 3.14. The van der Waals surface area contributed by atoms with E-state index in [0.29, 0.717) is 9.26 Å². The number of nitrogens with one attached hydrogen (secondary N) is 2. The molecule has 0 aliphatic heterocycles. The molecule has 3 aromatic rings. The van der Waals surface area contributed by atoms with Crippen LogP contribution in [0.1, 0.15) is 41.3 Å². The highest BCUT2D eigenvalue weighted by Crippen LogP contribution is 2.44. The number of aliphatic carboxylic acids is 1. The normalized spacial score (nSPS) is 13.0. The Balaban J connectivity index is 1.44. The molecule has 1 aliphatic carbocycles. The Morgan fingerprint density at radius 3 is 2.14 bits per heavy atom. The van der Waals surface area contributed by atoms with Gasteiger partial charge in [-0.05, 0) is 69.0 Å². The second-order valence-electron chi connectivity index (χ2n) is 8.71. The lowest BCUT2D eigenvalue weighted by atomic mass is 9.98. The summed E-state index contributed by atoms with van der Waals surface area (Å²) in [6, 6.07) is 20.0. The van der Waals surface area contributed by atoms with Crippen LogP contribution in [0.2, 0.25) is 0 Å². The summed E-state index contributed by atoms with van der Waals surface area (Å²) in [5, 5.41) is 14.6. The van der Waals surface area contributed by atoms with Crippen LogP contribution in [0.25, 0.3) is 11.1 Å². The molecule has 1 aliphatic rings. The van der Waals surface area contributed by atoms with E-state index in [1.165, 1.54) is 6.07 Å². The molecule has 0 bridgehead atoms. The summed E-state index contributed by atoms with van der Waals surface area (Å²) in [5.74, 6) is -1.97. The Hall–Kier alpha value is -3.40. The zero-order valence-electron chi connectivity index (χ0n) is 19.2. The number of carboxylic acids is 1. The van der Waals surface area contributed by atoms with E-state index < -0.39 is 24.0 Å². The molecule has 7 nitrogen and oxygen atoms in total. The van der Waals surface area contributed by atoms with Crippen molar-refractivity contribution in [2.24, 2.45) is 5.92 Å². The molecule has 0 spiro atoms. The molecular weight excluding hydrogens is 559 g/mol. The van der Waals surface area contributed by atoms with Crippen LogP contribution in [-0.4, -0.2) is 35.7 Å². The Morgan fingerprint density at radius 1 is 0.971 bits per heavy atom. The molecule has 2 amide bonds. The fraction of sp³-hybridized carbons (Fsp3) is 0.222. The van der Waals surface area contributed by atoms with Crippen LogP contribution in [0.3, 0.4) is 0 Å². The van der Waals surface area contributed by atoms with Gasteiger partial charge < -0.3 is 15.2 Å². The van der Waals surface area contributed by atoms with Crippen molar-refractivity contribution in [1.29, 1.82) is 0 Å². The first-order chi connectivity index (χ1) is 16.7.